The van der Waals surface area contributed by atoms with Crippen LogP contribution in [0, 0.1) is 0 Å². The maximum atomic E-state index is 11.8. The van der Waals surface area contributed by atoms with Crippen molar-refractivity contribution >= 4 is 11.6 Å². The van der Waals surface area contributed by atoms with Crippen molar-refractivity contribution in [1.82, 2.24) is 0 Å². The molecule has 0 atom stereocenters. The Kier molecular flexibility index (Phi) is 2.13. The van der Waals surface area contributed by atoms with Crippen molar-refractivity contribution < 1.29 is 17.6 Å². The van der Waals surface area contributed by atoms with Crippen LogP contribution < -0.4 is 0 Å². The molecular weight excluding hydrogens is 181 g/mol. The van der Waals surface area contributed by atoms with Gasteiger partial charge >= 0.3 is 6.18 Å². The molecule has 0 aliphatic carbocycles. The molecule has 0 aromatic carbocycles. The Bertz CT molecular complexity index is 240. The topological polar surface area (TPSA) is 13.1 Å². The van der Waals surface area contributed by atoms with E-state index in [1.807, 2.05) is 0 Å². The zero-order chi connectivity index (χ0) is 8.48. The van der Waals surface area contributed by atoms with Crippen LogP contribution in [0.4, 0.5) is 13.2 Å². The van der Waals surface area contributed by atoms with Crippen molar-refractivity contribution in [2.24, 2.45) is 0 Å². The predicted octanol–water partition coefficient (Wildman–Crippen LogP) is 3.04. The second kappa shape index (κ2) is 2.77. The van der Waals surface area contributed by atoms with E-state index in [2.05, 4.69) is 4.42 Å². The Morgan fingerprint density at radius 2 is 2.00 bits per heavy atom. The molecule has 0 bridgehead atoms. The fourth-order valence-electron chi connectivity index (χ4n) is 0.602. The van der Waals surface area contributed by atoms with E-state index >= 15 is 0 Å². The summed E-state index contributed by atoms with van der Waals surface area (Å²) in [5.74, 6) is -0.928. The molecule has 0 aliphatic heterocycles. The van der Waals surface area contributed by atoms with Crippen LogP contribution in [0.15, 0.2) is 16.5 Å². The molecule has 11 heavy (non-hydrogen) atoms. The van der Waals surface area contributed by atoms with Gasteiger partial charge in [-0.05, 0) is 12.1 Å². The molecule has 0 N–H and O–H groups in total. The highest BCUT2D eigenvalue weighted by Crippen LogP contribution is 2.30. The molecule has 0 radical (unpaired) electrons. The molecule has 0 spiro atoms. The lowest BCUT2D eigenvalue weighted by molar-refractivity contribution is -0.153. The van der Waals surface area contributed by atoms with Crippen LogP contribution in [0.25, 0.3) is 0 Å². The van der Waals surface area contributed by atoms with Crippen LogP contribution in [0.1, 0.15) is 11.5 Å². The quantitative estimate of drug-likeness (QED) is 0.612. The van der Waals surface area contributed by atoms with Gasteiger partial charge in [0.1, 0.15) is 5.76 Å². The molecule has 1 aromatic heterocycles. The highest BCUT2D eigenvalue weighted by atomic mass is 35.5. The highest BCUT2D eigenvalue weighted by Gasteiger charge is 2.34. The van der Waals surface area contributed by atoms with Gasteiger partial charge in [-0.15, -0.1) is 11.6 Å². The molecule has 0 fully saturated rings. The van der Waals surface area contributed by atoms with Crippen molar-refractivity contribution in [3.63, 3.8) is 0 Å². The van der Waals surface area contributed by atoms with Gasteiger partial charge in [-0.1, -0.05) is 0 Å². The maximum absolute atomic E-state index is 11.8. The average Bonchev–Trinajstić information content (AvgIpc) is 2.32. The summed E-state index contributed by atoms with van der Waals surface area (Å²) in [7, 11) is 0. The van der Waals surface area contributed by atoms with E-state index in [4.69, 9.17) is 11.6 Å². The minimum absolute atomic E-state index is 0.0456. The van der Waals surface area contributed by atoms with E-state index in [0.717, 1.165) is 6.07 Å². The zero-order valence-corrected chi connectivity index (χ0v) is 6.04. The summed E-state index contributed by atoms with van der Waals surface area (Å²) in [6.45, 7) is 0. The van der Waals surface area contributed by atoms with Gasteiger partial charge in [0.05, 0.1) is 5.88 Å². The fourth-order valence-corrected chi connectivity index (χ4v) is 0.746. The summed E-state index contributed by atoms with van der Waals surface area (Å²) in [5, 5.41) is 0. The first-order chi connectivity index (χ1) is 5.04. The number of alkyl halides is 4. The van der Waals surface area contributed by atoms with Gasteiger partial charge in [-0.25, -0.2) is 0 Å². The number of furan rings is 1. The third-order valence-corrected chi connectivity index (χ3v) is 1.34. The van der Waals surface area contributed by atoms with Crippen molar-refractivity contribution in [2.45, 2.75) is 12.1 Å². The maximum Gasteiger partial charge on any atom is 0.449 e. The van der Waals surface area contributed by atoms with Crippen LogP contribution in [-0.4, -0.2) is 0 Å². The molecule has 1 aromatic rings. The number of halogens is 4. The van der Waals surface area contributed by atoms with Crippen LogP contribution in [0.3, 0.4) is 0 Å². The molecule has 0 aliphatic rings. The van der Waals surface area contributed by atoms with Gasteiger partial charge in [0, 0.05) is 0 Å². The van der Waals surface area contributed by atoms with Crippen LogP contribution in [0.5, 0.6) is 0 Å². The van der Waals surface area contributed by atoms with Gasteiger partial charge in [0.25, 0.3) is 0 Å². The number of rotatable bonds is 1. The summed E-state index contributed by atoms with van der Waals surface area (Å²) < 4.78 is 39.7. The molecule has 1 rings (SSSR count). The molecule has 0 saturated heterocycles. The van der Waals surface area contributed by atoms with Gasteiger partial charge in [-0.2, -0.15) is 13.2 Å². The zero-order valence-electron chi connectivity index (χ0n) is 5.28. The van der Waals surface area contributed by atoms with Gasteiger partial charge in [0.2, 0.25) is 5.76 Å². The average molecular weight is 185 g/mol. The van der Waals surface area contributed by atoms with Crippen LogP contribution >= 0.6 is 11.6 Å². The lowest BCUT2D eigenvalue weighted by Gasteiger charge is -1.99. The first-order valence-corrected chi connectivity index (χ1v) is 3.29. The third kappa shape index (κ3) is 1.89. The molecule has 0 amide bonds. The third-order valence-electron chi connectivity index (χ3n) is 1.07. The highest BCUT2D eigenvalue weighted by molar-refractivity contribution is 6.16. The summed E-state index contributed by atoms with van der Waals surface area (Å²) in [5.41, 5.74) is 0. The largest absolute Gasteiger partial charge is 0.455 e. The Morgan fingerprint density at radius 3 is 2.27 bits per heavy atom. The summed E-state index contributed by atoms with van der Waals surface area (Å²) in [4.78, 5) is 0. The van der Waals surface area contributed by atoms with E-state index in [0.29, 0.717) is 0 Å². The Labute approximate surface area is 65.8 Å². The van der Waals surface area contributed by atoms with E-state index in [9.17, 15) is 13.2 Å². The lowest BCUT2D eigenvalue weighted by atomic mass is 10.4. The summed E-state index contributed by atoms with van der Waals surface area (Å²) in [6, 6.07) is 2.06. The minimum Gasteiger partial charge on any atom is -0.455 e. The molecule has 1 heterocycles. The SMILES string of the molecule is FC(F)(F)c1ccc(CCl)o1. The molecule has 5 heteroatoms. The fraction of sp³-hybridized carbons (Fsp3) is 0.333. The second-order valence-corrected chi connectivity index (χ2v) is 2.16. The van der Waals surface area contributed by atoms with E-state index < -0.39 is 11.9 Å². The monoisotopic (exact) mass is 184 g/mol. The molecular formula is C6H4ClF3O. The molecule has 1 nitrogen and oxygen atoms in total. The molecule has 0 saturated carbocycles. The van der Waals surface area contributed by atoms with Crippen molar-refractivity contribution in [3.05, 3.63) is 23.7 Å². The Balaban J connectivity index is 2.89. The predicted molar refractivity (Wildman–Crippen MR) is 33.3 cm³/mol. The summed E-state index contributed by atoms with van der Waals surface area (Å²) >= 11 is 5.23. The van der Waals surface area contributed by atoms with Gasteiger partial charge in [0.15, 0.2) is 0 Å². The number of hydrogen-bond acceptors (Lipinski definition) is 1. The minimum atomic E-state index is -4.41. The van der Waals surface area contributed by atoms with Crippen LogP contribution in [-0.2, 0) is 12.1 Å². The van der Waals surface area contributed by atoms with Crippen LogP contribution in [0.2, 0.25) is 0 Å². The van der Waals surface area contributed by atoms with E-state index in [1.165, 1.54) is 6.07 Å². The Hall–Kier alpha value is -0.640. The van der Waals surface area contributed by atoms with Gasteiger partial charge < -0.3 is 4.42 Å². The second-order valence-electron chi connectivity index (χ2n) is 1.90. The number of hydrogen-bond donors (Lipinski definition) is 0. The molecule has 0 unspecified atom stereocenters. The standard InChI is InChI=1S/C6H4ClF3O/c7-3-4-1-2-5(11-4)6(8,9)10/h1-2H,3H2. The smallest absolute Gasteiger partial charge is 0.449 e. The van der Waals surface area contributed by atoms with Gasteiger partial charge in [-0.3, -0.25) is 0 Å². The summed E-state index contributed by atoms with van der Waals surface area (Å²) in [6.07, 6.45) is -4.41. The Morgan fingerprint density at radius 1 is 1.36 bits per heavy atom. The van der Waals surface area contributed by atoms with Crippen molar-refractivity contribution in [1.29, 1.82) is 0 Å². The normalized spacial score (nSPS) is 12.0. The van der Waals surface area contributed by atoms with Crippen molar-refractivity contribution in [3.8, 4) is 0 Å². The van der Waals surface area contributed by atoms with Crippen molar-refractivity contribution in [2.75, 3.05) is 0 Å². The first-order valence-electron chi connectivity index (χ1n) is 2.76. The lowest BCUT2D eigenvalue weighted by Crippen LogP contribution is -2.01. The van der Waals surface area contributed by atoms with E-state index in [-0.39, 0.29) is 11.6 Å². The molecule has 62 valence electrons. The first kappa shape index (κ1) is 8.46. The van der Waals surface area contributed by atoms with E-state index in [1.54, 1.807) is 0 Å².